The molecule has 4 nitrogen and oxygen atoms in total. The summed E-state index contributed by atoms with van der Waals surface area (Å²) in [4.78, 5) is 12.3. The van der Waals surface area contributed by atoms with Crippen LogP contribution in [0.2, 0.25) is 0 Å². The fourth-order valence-corrected chi connectivity index (χ4v) is 4.61. The molecule has 0 aliphatic rings. The maximum Gasteiger partial charge on any atom is 0.353 e. The normalized spacial score (nSPS) is 16.1. The van der Waals surface area contributed by atoms with E-state index in [1.807, 2.05) is 6.92 Å². The molecule has 0 saturated carbocycles. The Morgan fingerprint density at radius 2 is 1.77 bits per heavy atom. The molecule has 2 unspecified atom stereocenters. The van der Waals surface area contributed by atoms with Crippen LogP contribution in [0.4, 0.5) is 0 Å². The summed E-state index contributed by atoms with van der Waals surface area (Å²) in [5.41, 5.74) is 0. The predicted molar refractivity (Wildman–Crippen MR) is 90.2 cm³/mol. The minimum atomic E-state index is -3.90. The number of esters is 1. The van der Waals surface area contributed by atoms with Gasteiger partial charge in [-0.15, -0.1) is 0 Å². The molecule has 1 aromatic carbocycles. The van der Waals surface area contributed by atoms with Gasteiger partial charge in [-0.1, -0.05) is 48.3 Å². The van der Waals surface area contributed by atoms with E-state index in [0.717, 1.165) is 0 Å². The predicted octanol–water partition coefficient (Wildman–Crippen LogP) is 4.49. The lowest BCUT2D eigenvalue weighted by Crippen LogP contribution is -2.36. The number of carbonyl (C=O) groups excluding carboxylic acids is 1. The molecule has 0 aliphatic heterocycles. The van der Waals surface area contributed by atoms with Gasteiger partial charge in [-0.3, -0.25) is 4.57 Å². The molecule has 0 bridgehead atoms. The van der Waals surface area contributed by atoms with Crippen LogP contribution >= 0.6 is 30.6 Å². The molecular formula is C15H21Cl2O4P. The van der Waals surface area contributed by atoms with Crippen molar-refractivity contribution in [2.24, 2.45) is 0 Å². The van der Waals surface area contributed by atoms with Crippen molar-refractivity contribution in [3.63, 3.8) is 0 Å². The van der Waals surface area contributed by atoms with Gasteiger partial charge in [0.05, 0.1) is 12.2 Å². The van der Waals surface area contributed by atoms with Gasteiger partial charge in [0.25, 0.3) is 11.4 Å². The van der Waals surface area contributed by atoms with Crippen molar-refractivity contribution in [1.82, 2.24) is 0 Å². The average Bonchev–Trinajstić information content (AvgIpc) is 2.46. The average molecular weight is 367 g/mol. The molecule has 22 heavy (non-hydrogen) atoms. The molecule has 1 aromatic rings. The van der Waals surface area contributed by atoms with Crippen molar-refractivity contribution >= 4 is 41.8 Å². The molecule has 0 heterocycles. The topological polar surface area (TPSA) is 52.6 Å². The zero-order valence-corrected chi connectivity index (χ0v) is 15.5. The third-order valence-corrected chi connectivity index (χ3v) is 7.22. The van der Waals surface area contributed by atoms with E-state index in [2.05, 4.69) is 0 Å². The van der Waals surface area contributed by atoms with Crippen LogP contribution in [0.5, 0.6) is 0 Å². The van der Waals surface area contributed by atoms with Crippen molar-refractivity contribution in [2.45, 2.75) is 50.4 Å². The Morgan fingerprint density at radius 3 is 2.23 bits per heavy atom. The first-order valence-corrected chi connectivity index (χ1v) is 9.46. The highest BCUT2D eigenvalue weighted by molar-refractivity contribution is 7.73. The summed E-state index contributed by atoms with van der Waals surface area (Å²) in [6.45, 7) is 6.95. The third-order valence-electron chi connectivity index (χ3n) is 2.95. The first-order chi connectivity index (χ1) is 10.1. The highest BCUT2D eigenvalue weighted by atomic mass is 35.5. The Balaban J connectivity index is 3.26. The van der Waals surface area contributed by atoms with Gasteiger partial charge in [0.1, 0.15) is 0 Å². The summed E-state index contributed by atoms with van der Waals surface area (Å²) >= 11 is 12.4. The van der Waals surface area contributed by atoms with E-state index in [1.165, 1.54) is 0 Å². The Hall–Kier alpha value is -0.540. The molecule has 2 atom stereocenters. The second-order valence-electron chi connectivity index (χ2n) is 5.21. The first kappa shape index (κ1) is 19.5. The minimum absolute atomic E-state index is 0.273. The van der Waals surface area contributed by atoms with Crippen LogP contribution in [0.1, 0.15) is 34.1 Å². The van der Waals surface area contributed by atoms with Crippen LogP contribution in [-0.4, -0.2) is 22.3 Å². The van der Waals surface area contributed by atoms with E-state index >= 15 is 0 Å². The lowest BCUT2D eigenvalue weighted by Gasteiger charge is -2.30. The summed E-state index contributed by atoms with van der Waals surface area (Å²) in [6, 6.07) is 8.24. The van der Waals surface area contributed by atoms with Crippen LogP contribution < -0.4 is 5.30 Å². The lowest BCUT2D eigenvalue weighted by atomic mass is 10.3. The second-order valence-corrected chi connectivity index (χ2v) is 9.56. The van der Waals surface area contributed by atoms with Crippen molar-refractivity contribution < 1.29 is 18.6 Å². The van der Waals surface area contributed by atoms with Crippen LogP contribution in [0, 0.1) is 0 Å². The number of hydrogen-bond acceptors (Lipinski definition) is 4. The fraction of sp³-hybridized carbons (Fsp3) is 0.533. The highest BCUT2D eigenvalue weighted by Crippen LogP contribution is 2.63. The van der Waals surface area contributed by atoms with Gasteiger partial charge < -0.3 is 9.26 Å². The third kappa shape index (κ3) is 4.26. The number of halogens is 2. The second kappa shape index (κ2) is 7.83. The molecule has 0 N–H and O–H groups in total. The van der Waals surface area contributed by atoms with E-state index in [9.17, 15) is 9.36 Å². The van der Waals surface area contributed by atoms with Crippen LogP contribution in [0.15, 0.2) is 30.3 Å². The van der Waals surface area contributed by atoms with Gasteiger partial charge >= 0.3 is 5.97 Å². The molecule has 0 spiro atoms. The molecule has 1 rings (SSSR count). The van der Waals surface area contributed by atoms with Crippen molar-refractivity contribution in [3.05, 3.63) is 30.3 Å². The summed E-state index contributed by atoms with van der Waals surface area (Å²) < 4.78 is 21.7. The monoisotopic (exact) mass is 366 g/mol. The molecule has 7 heteroatoms. The first-order valence-electron chi connectivity index (χ1n) is 7.08. The molecule has 0 aromatic heterocycles. The Kier molecular flexibility index (Phi) is 6.94. The SMILES string of the molecule is CCC(C)OC(=O)C(Cl)(Cl)P(=O)(OC(C)C)c1ccccc1. The van der Waals surface area contributed by atoms with Crippen molar-refractivity contribution in [3.8, 4) is 0 Å². The number of alkyl halides is 2. The number of benzene rings is 1. The summed E-state index contributed by atoms with van der Waals surface area (Å²) in [7, 11) is -3.90. The van der Waals surface area contributed by atoms with Crippen LogP contribution in [-0.2, 0) is 18.6 Å². The number of ether oxygens (including phenoxy) is 1. The minimum Gasteiger partial charge on any atom is -0.460 e. The van der Waals surface area contributed by atoms with Crippen molar-refractivity contribution in [2.75, 3.05) is 0 Å². The number of carbonyl (C=O) groups is 1. The zero-order chi connectivity index (χ0) is 17.0. The maximum absolute atomic E-state index is 13.4. The van der Waals surface area contributed by atoms with Gasteiger partial charge in [0, 0.05) is 5.30 Å². The fourth-order valence-electron chi connectivity index (χ4n) is 1.67. The molecule has 0 radical (unpaired) electrons. The Morgan fingerprint density at radius 1 is 1.23 bits per heavy atom. The van der Waals surface area contributed by atoms with Crippen LogP contribution in [0.3, 0.4) is 0 Å². The van der Waals surface area contributed by atoms with E-state index in [0.29, 0.717) is 6.42 Å². The van der Waals surface area contributed by atoms with Crippen molar-refractivity contribution in [1.29, 1.82) is 0 Å². The molecule has 0 amide bonds. The smallest absolute Gasteiger partial charge is 0.353 e. The van der Waals surface area contributed by atoms with E-state index in [1.54, 1.807) is 51.1 Å². The standard InChI is InChI=1S/C15H21Cl2O4P/c1-5-12(4)20-14(18)15(16,17)22(19,21-11(2)3)13-9-7-6-8-10-13/h6-12H,5H2,1-4H3. The summed E-state index contributed by atoms with van der Waals surface area (Å²) in [5.74, 6) is -0.960. The van der Waals surface area contributed by atoms with E-state index < -0.39 is 23.5 Å². The lowest BCUT2D eigenvalue weighted by molar-refractivity contribution is -0.147. The van der Waals surface area contributed by atoms with Gasteiger partial charge in [-0.2, -0.15) is 0 Å². The summed E-state index contributed by atoms with van der Waals surface area (Å²) in [5, 5.41) is 0.273. The largest absolute Gasteiger partial charge is 0.460 e. The van der Waals surface area contributed by atoms with Gasteiger partial charge in [0.15, 0.2) is 0 Å². The molecular weight excluding hydrogens is 346 g/mol. The number of hydrogen-bond donors (Lipinski definition) is 0. The van der Waals surface area contributed by atoms with Gasteiger partial charge in [0.2, 0.25) is 0 Å². The number of rotatable bonds is 7. The van der Waals surface area contributed by atoms with E-state index in [4.69, 9.17) is 32.5 Å². The quantitative estimate of drug-likeness (QED) is 0.405. The van der Waals surface area contributed by atoms with Gasteiger partial charge in [-0.25, -0.2) is 4.79 Å². The molecule has 0 aliphatic carbocycles. The Bertz CT molecular complexity index is 546. The van der Waals surface area contributed by atoms with Gasteiger partial charge in [-0.05, 0) is 39.3 Å². The summed E-state index contributed by atoms with van der Waals surface area (Å²) in [6.07, 6.45) is -0.219. The molecule has 124 valence electrons. The van der Waals surface area contributed by atoms with E-state index in [-0.39, 0.29) is 11.4 Å². The highest BCUT2D eigenvalue weighted by Gasteiger charge is 2.56. The Labute approximate surface area is 141 Å². The maximum atomic E-state index is 13.4. The molecule has 0 fully saturated rings. The molecule has 0 saturated heterocycles. The van der Waals surface area contributed by atoms with Crippen LogP contribution in [0.25, 0.3) is 0 Å². The zero-order valence-electron chi connectivity index (χ0n) is 13.1.